The summed E-state index contributed by atoms with van der Waals surface area (Å²) in [6, 6.07) is 1.80. The van der Waals surface area contributed by atoms with Crippen molar-refractivity contribution in [2.45, 2.75) is 34.2 Å². The van der Waals surface area contributed by atoms with Gasteiger partial charge in [-0.1, -0.05) is 6.92 Å². The molecule has 1 aromatic rings. The maximum absolute atomic E-state index is 11.5. The number of aliphatic hydroxyl groups is 1. The fourth-order valence-corrected chi connectivity index (χ4v) is 5.73. The molecular formula is C12H21N3O3S3. The van der Waals surface area contributed by atoms with E-state index in [9.17, 15) is 8.42 Å². The Kier molecular flexibility index (Phi) is 6.06. The number of sulfonamides is 1. The van der Waals surface area contributed by atoms with E-state index in [1.165, 1.54) is 11.3 Å². The molecule has 21 heavy (non-hydrogen) atoms. The molecule has 0 bridgehead atoms. The Labute approximate surface area is 133 Å². The molecule has 0 amide bonds. The molecular weight excluding hydrogens is 330 g/mol. The van der Waals surface area contributed by atoms with Crippen molar-refractivity contribution >= 4 is 33.3 Å². The summed E-state index contributed by atoms with van der Waals surface area (Å²) < 4.78 is 26.4. The van der Waals surface area contributed by atoms with Crippen molar-refractivity contribution in [2.75, 3.05) is 26.2 Å². The average Bonchev–Trinajstić information content (AvgIpc) is 2.86. The standard InChI is InChI=1S/C12H21N3O3S3/c1-2-4-14-10-8-15(5-3-6-16)20-12-9(10)7-11(19-12)21(13,17)18/h7,10,14,16H,2-6,8H2,1H3,(H2,13,17,18). The Balaban J connectivity index is 2.24. The van der Waals surface area contributed by atoms with Gasteiger partial charge < -0.3 is 10.4 Å². The van der Waals surface area contributed by atoms with Crippen LogP contribution in [0.1, 0.15) is 31.4 Å². The van der Waals surface area contributed by atoms with Crippen LogP contribution in [0, 0.1) is 0 Å². The molecule has 120 valence electrons. The minimum absolute atomic E-state index is 0.103. The molecule has 2 heterocycles. The van der Waals surface area contributed by atoms with Gasteiger partial charge in [-0.2, -0.15) is 0 Å². The number of nitrogens with zero attached hydrogens (tertiary/aromatic N) is 1. The van der Waals surface area contributed by atoms with Crippen molar-refractivity contribution in [1.82, 2.24) is 9.62 Å². The van der Waals surface area contributed by atoms with Crippen LogP contribution >= 0.6 is 23.3 Å². The first-order valence-electron chi connectivity index (χ1n) is 6.89. The number of nitrogens with two attached hydrogens (primary N) is 1. The molecule has 0 aromatic carbocycles. The highest BCUT2D eigenvalue weighted by atomic mass is 32.3. The van der Waals surface area contributed by atoms with Gasteiger partial charge in [0, 0.05) is 25.7 Å². The molecule has 0 radical (unpaired) electrons. The molecule has 0 spiro atoms. The van der Waals surface area contributed by atoms with E-state index in [4.69, 9.17) is 10.2 Å². The van der Waals surface area contributed by atoms with Gasteiger partial charge in [0.25, 0.3) is 0 Å². The van der Waals surface area contributed by atoms with Crippen molar-refractivity contribution in [1.29, 1.82) is 0 Å². The van der Waals surface area contributed by atoms with Gasteiger partial charge in [-0.3, -0.25) is 0 Å². The first kappa shape index (κ1) is 17.2. The predicted molar refractivity (Wildman–Crippen MR) is 85.9 cm³/mol. The maximum Gasteiger partial charge on any atom is 0.247 e. The molecule has 1 aromatic heterocycles. The highest BCUT2D eigenvalue weighted by Crippen LogP contribution is 2.43. The zero-order valence-corrected chi connectivity index (χ0v) is 14.4. The lowest BCUT2D eigenvalue weighted by Crippen LogP contribution is -2.35. The molecule has 9 heteroatoms. The summed E-state index contributed by atoms with van der Waals surface area (Å²) in [7, 11) is -3.66. The molecule has 1 unspecified atom stereocenters. The maximum atomic E-state index is 11.5. The Hall–Kier alpha value is -0.160. The molecule has 2 rings (SSSR count). The van der Waals surface area contributed by atoms with Gasteiger partial charge in [-0.15, -0.1) is 11.3 Å². The van der Waals surface area contributed by atoms with Crippen LogP contribution in [0.4, 0.5) is 0 Å². The van der Waals surface area contributed by atoms with Crippen LogP contribution in [0.15, 0.2) is 14.5 Å². The quantitative estimate of drug-likeness (QED) is 0.638. The minimum atomic E-state index is -3.66. The van der Waals surface area contributed by atoms with Gasteiger partial charge in [0.1, 0.15) is 4.21 Å². The van der Waals surface area contributed by atoms with Crippen LogP contribution in [0.5, 0.6) is 0 Å². The van der Waals surface area contributed by atoms with Gasteiger partial charge in [0.2, 0.25) is 10.0 Å². The van der Waals surface area contributed by atoms with E-state index >= 15 is 0 Å². The van der Waals surface area contributed by atoms with E-state index in [0.29, 0.717) is 6.42 Å². The lowest BCUT2D eigenvalue weighted by molar-refractivity contribution is 0.266. The summed E-state index contributed by atoms with van der Waals surface area (Å²) in [4.78, 5) is 0. The molecule has 1 atom stereocenters. The molecule has 0 saturated carbocycles. The Bertz CT molecular complexity index is 574. The largest absolute Gasteiger partial charge is 0.396 e. The van der Waals surface area contributed by atoms with Crippen LogP contribution in [-0.2, 0) is 10.0 Å². The predicted octanol–water partition coefficient (Wildman–Crippen LogP) is 1.14. The topological polar surface area (TPSA) is 95.7 Å². The van der Waals surface area contributed by atoms with Crippen molar-refractivity contribution < 1.29 is 13.5 Å². The second-order valence-corrected chi connectivity index (χ2v) is 9.12. The van der Waals surface area contributed by atoms with Crippen LogP contribution in [-0.4, -0.2) is 44.1 Å². The number of thiophene rings is 1. The van der Waals surface area contributed by atoms with Crippen molar-refractivity contribution in [3.8, 4) is 0 Å². The average molecular weight is 352 g/mol. The van der Waals surface area contributed by atoms with Crippen molar-refractivity contribution in [3.63, 3.8) is 0 Å². The number of rotatable bonds is 7. The Morgan fingerprint density at radius 1 is 1.57 bits per heavy atom. The highest BCUT2D eigenvalue weighted by molar-refractivity contribution is 7.99. The SMILES string of the molecule is CCCNC1CN(CCCO)Sc2sc(S(N)(=O)=O)cc21. The van der Waals surface area contributed by atoms with E-state index in [1.807, 2.05) is 0 Å². The summed E-state index contributed by atoms with van der Waals surface area (Å²) in [6.45, 7) is 4.69. The van der Waals surface area contributed by atoms with Crippen molar-refractivity contribution in [2.24, 2.45) is 5.14 Å². The third kappa shape index (κ3) is 4.41. The summed E-state index contributed by atoms with van der Waals surface area (Å²) in [5.41, 5.74) is 1.02. The van der Waals surface area contributed by atoms with Crippen LogP contribution in [0.2, 0.25) is 0 Å². The van der Waals surface area contributed by atoms with Gasteiger partial charge in [0.05, 0.1) is 4.21 Å². The second kappa shape index (κ2) is 7.40. The van der Waals surface area contributed by atoms with Gasteiger partial charge >= 0.3 is 0 Å². The van der Waals surface area contributed by atoms with Crippen molar-refractivity contribution in [3.05, 3.63) is 11.6 Å². The lowest BCUT2D eigenvalue weighted by atomic mass is 10.1. The van der Waals surface area contributed by atoms with Crippen LogP contribution in [0.3, 0.4) is 0 Å². The zero-order valence-electron chi connectivity index (χ0n) is 11.9. The smallest absolute Gasteiger partial charge is 0.247 e. The monoisotopic (exact) mass is 351 g/mol. The fourth-order valence-electron chi connectivity index (χ4n) is 2.15. The minimum Gasteiger partial charge on any atom is -0.396 e. The van der Waals surface area contributed by atoms with Gasteiger partial charge in [0.15, 0.2) is 0 Å². The fraction of sp³-hybridized carbons (Fsp3) is 0.667. The number of primary sulfonamides is 1. The molecule has 6 nitrogen and oxygen atoms in total. The normalized spacial score (nSPS) is 19.7. The summed E-state index contributed by atoms with van der Waals surface area (Å²) in [5.74, 6) is 0. The number of aliphatic hydroxyl groups excluding tert-OH is 1. The highest BCUT2D eigenvalue weighted by Gasteiger charge is 2.29. The molecule has 1 aliphatic rings. The molecule has 0 saturated heterocycles. The van der Waals surface area contributed by atoms with Gasteiger partial charge in [-0.05, 0) is 43.0 Å². The van der Waals surface area contributed by atoms with E-state index in [2.05, 4.69) is 16.5 Å². The lowest BCUT2D eigenvalue weighted by Gasteiger charge is -2.32. The van der Waals surface area contributed by atoms with Crippen LogP contribution < -0.4 is 10.5 Å². The third-order valence-corrected chi connectivity index (χ3v) is 6.99. The molecule has 1 aliphatic heterocycles. The molecule has 4 N–H and O–H groups in total. The van der Waals surface area contributed by atoms with E-state index in [1.54, 1.807) is 18.0 Å². The third-order valence-electron chi connectivity index (χ3n) is 3.16. The summed E-state index contributed by atoms with van der Waals surface area (Å²) in [6.07, 6.45) is 1.72. The number of hydrogen-bond acceptors (Lipinski definition) is 7. The van der Waals surface area contributed by atoms with E-state index < -0.39 is 10.0 Å². The number of fused-ring (bicyclic) bond motifs is 1. The van der Waals surface area contributed by atoms with E-state index in [0.717, 1.165) is 35.8 Å². The Morgan fingerprint density at radius 2 is 2.33 bits per heavy atom. The molecule has 0 fully saturated rings. The number of hydrogen-bond donors (Lipinski definition) is 3. The Morgan fingerprint density at radius 3 is 2.95 bits per heavy atom. The zero-order chi connectivity index (χ0) is 15.5. The molecule has 0 aliphatic carbocycles. The van der Waals surface area contributed by atoms with Gasteiger partial charge in [-0.25, -0.2) is 17.9 Å². The summed E-state index contributed by atoms with van der Waals surface area (Å²) >= 11 is 2.77. The first-order chi connectivity index (χ1) is 9.95. The second-order valence-electron chi connectivity index (χ2n) is 4.92. The number of nitrogens with one attached hydrogen (secondary N) is 1. The van der Waals surface area contributed by atoms with E-state index in [-0.39, 0.29) is 16.9 Å². The first-order valence-corrected chi connectivity index (χ1v) is 10.0. The van der Waals surface area contributed by atoms with Crippen LogP contribution in [0.25, 0.3) is 0 Å². The summed E-state index contributed by atoms with van der Waals surface area (Å²) in [5, 5.41) is 17.7.